The van der Waals surface area contributed by atoms with Crippen molar-refractivity contribution >= 4 is 28.1 Å². The maximum atomic E-state index is 12.8. The summed E-state index contributed by atoms with van der Waals surface area (Å²) in [4.78, 5) is 15.0. The molecule has 0 bridgehead atoms. The quantitative estimate of drug-likeness (QED) is 0.276. The molecular weight excluding hydrogens is 460 g/mol. The molecule has 5 rings (SSSR count). The van der Waals surface area contributed by atoms with Crippen molar-refractivity contribution in [2.75, 3.05) is 24.6 Å². The van der Waals surface area contributed by atoms with Gasteiger partial charge < -0.3 is 19.7 Å². The molecule has 2 atom stereocenters. The number of aryl methyl sites for hydroxylation is 1. The van der Waals surface area contributed by atoms with E-state index in [1.807, 2.05) is 45.0 Å². The topological polar surface area (TPSA) is 50.8 Å². The third kappa shape index (κ3) is 4.92. The van der Waals surface area contributed by atoms with Gasteiger partial charge >= 0.3 is 5.97 Å². The van der Waals surface area contributed by atoms with Crippen molar-refractivity contribution in [1.82, 2.24) is 5.32 Å². The van der Waals surface area contributed by atoms with Gasteiger partial charge in [-0.1, -0.05) is 60.7 Å². The van der Waals surface area contributed by atoms with Gasteiger partial charge in [-0.05, 0) is 73.4 Å². The van der Waals surface area contributed by atoms with Crippen molar-refractivity contribution in [2.24, 2.45) is 0 Å². The zero-order valence-electron chi connectivity index (χ0n) is 22.0. The van der Waals surface area contributed by atoms with Crippen LogP contribution in [-0.2, 0) is 4.74 Å². The molecule has 192 valence electrons. The van der Waals surface area contributed by atoms with Gasteiger partial charge in [0.05, 0.1) is 24.4 Å². The van der Waals surface area contributed by atoms with Gasteiger partial charge in [-0.2, -0.15) is 0 Å². The Balaban J connectivity index is 0.00000336. The monoisotopic (exact) mass is 496 g/mol. The molecule has 1 unspecified atom stereocenters. The molecule has 0 saturated heterocycles. The minimum atomic E-state index is -0.275. The second-order valence-electron chi connectivity index (χ2n) is 9.64. The number of benzene rings is 4. The van der Waals surface area contributed by atoms with Crippen LogP contribution in [0.25, 0.3) is 10.8 Å². The van der Waals surface area contributed by atoms with E-state index in [0.29, 0.717) is 25.3 Å². The number of hydrogen-bond acceptors (Lipinski definition) is 5. The molecule has 0 aromatic heterocycles. The summed E-state index contributed by atoms with van der Waals surface area (Å²) < 4.78 is 11.8. The van der Waals surface area contributed by atoms with E-state index < -0.39 is 0 Å². The Hall–Kier alpha value is -3.83. The van der Waals surface area contributed by atoms with Crippen molar-refractivity contribution in [3.8, 4) is 5.75 Å². The number of anilines is 2. The molecule has 1 heterocycles. The maximum Gasteiger partial charge on any atom is 0.338 e. The number of carbonyl (C=O) groups excluding carboxylic acids is 1. The number of carbonyl (C=O) groups is 1. The minimum absolute atomic E-state index is 0. The lowest BCUT2D eigenvalue weighted by Gasteiger charge is -2.38. The smallest absolute Gasteiger partial charge is 0.338 e. The van der Waals surface area contributed by atoms with Gasteiger partial charge in [-0.25, -0.2) is 4.79 Å². The number of hydrogen-bond donors (Lipinski definition) is 1. The highest BCUT2D eigenvalue weighted by molar-refractivity contribution is 5.95. The average molecular weight is 497 g/mol. The Kier molecular flexibility index (Phi) is 7.15. The molecule has 4 aromatic carbocycles. The second kappa shape index (κ2) is 10.7. The number of nitrogens with one attached hydrogen (secondary N) is 1. The summed E-state index contributed by atoms with van der Waals surface area (Å²) in [5.41, 5.74) is 5.76. The lowest BCUT2D eigenvalue weighted by Crippen LogP contribution is -2.44. The molecule has 5 heteroatoms. The number of rotatable bonds is 7. The van der Waals surface area contributed by atoms with Crippen molar-refractivity contribution in [1.29, 1.82) is 0 Å². The first-order chi connectivity index (χ1) is 18.0. The summed E-state index contributed by atoms with van der Waals surface area (Å²) in [5.74, 6) is 0.569. The molecule has 1 N–H and O–H groups in total. The van der Waals surface area contributed by atoms with Crippen LogP contribution in [0.15, 0.2) is 78.9 Å². The van der Waals surface area contributed by atoms with Crippen LogP contribution in [-0.4, -0.2) is 31.8 Å². The fourth-order valence-corrected chi connectivity index (χ4v) is 5.33. The lowest BCUT2D eigenvalue weighted by atomic mass is 9.99. The average Bonchev–Trinajstić information content (AvgIpc) is 2.91. The number of esters is 1. The van der Waals surface area contributed by atoms with Crippen LogP contribution in [0.2, 0.25) is 0 Å². The Bertz CT molecular complexity index is 1430. The van der Waals surface area contributed by atoms with Crippen molar-refractivity contribution < 1.29 is 15.7 Å². The maximum absolute atomic E-state index is 12.8. The molecule has 0 amide bonds. The highest BCUT2D eigenvalue weighted by Gasteiger charge is 2.29. The fourth-order valence-electron chi connectivity index (χ4n) is 5.33. The van der Waals surface area contributed by atoms with E-state index in [-0.39, 0.29) is 19.5 Å². The SMILES string of the molecule is CCOC(=O)c1c(C)ccc(N2CC(CN[C@H](C)c3cccc4ccccc34)Oc3ccccc32)c1C.[HH]. The van der Waals surface area contributed by atoms with Crippen LogP contribution in [0.3, 0.4) is 0 Å². The van der Waals surface area contributed by atoms with E-state index in [1.165, 1.54) is 16.3 Å². The van der Waals surface area contributed by atoms with Gasteiger partial charge in [0.2, 0.25) is 0 Å². The van der Waals surface area contributed by atoms with Crippen molar-refractivity contribution in [3.05, 3.63) is 101 Å². The van der Waals surface area contributed by atoms with Crippen molar-refractivity contribution in [2.45, 2.75) is 39.8 Å². The molecule has 0 fully saturated rings. The van der Waals surface area contributed by atoms with Crippen molar-refractivity contribution in [3.63, 3.8) is 0 Å². The molecule has 0 saturated carbocycles. The fraction of sp³-hybridized carbons (Fsp3) is 0.281. The number of para-hydroxylation sites is 2. The molecule has 0 spiro atoms. The van der Waals surface area contributed by atoms with Gasteiger partial charge in [-0.3, -0.25) is 0 Å². The first kappa shape index (κ1) is 24.8. The highest BCUT2D eigenvalue weighted by Crippen LogP contribution is 2.40. The van der Waals surface area contributed by atoms with Crippen LogP contribution in [0.1, 0.15) is 48.4 Å². The lowest BCUT2D eigenvalue weighted by molar-refractivity contribution is 0.0524. The first-order valence-corrected chi connectivity index (χ1v) is 13.0. The molecule has 0 aliphatic carbocycles. The summed E-state index contributed by atoms with van der Waals surface area (Å²) in [6.07, 6.45) is -0.0703. The van der Waals surface area contributed by atoms with Crippen LogP contribution >= 0.6 is 0 Å². The van der Waals surface area contributed by atoms with Gasteiger partial charge in [0.1, 0.15) is 11.9 Å². The summed E-state index contributed by atoms with van der Waals surface area (Å²) in [7, 11) is 0. The number of nitrogens with zero attached hydrogens (tertiary/aromatic N) is 1. The number of ether oxygens (including phenoxy) is 2. The first-order valence-electron chi connectivity index (χ1n) is 13.0. The normalized spacial score (nSPS) is 15.7. The largest absolute Gasteiger partial charge is 0.485 e. The van der Waals surface area contributed by atoms with Gasteiger partial charge in [0.15, 0.2) is 0 Å². The third-order valence-electron chi connectivity index (χ3n) is 7.19. The van der Waals surface area contributed by atoms with Crippen LogP contribution in [0, 0.1) is 13.8 Å². The van der Waals surface area contributed by atoms with E-state index in [4.69, 9.17) is 9.47 Å². The standard InChI is InChI=1S/C32H34N2O3.H2/c1-5-36-32(35)31-21(2)17-18-28(22(31)3)34-20-25(37-30-16-9-8-15-29(30)34)19-33-23(4)26-14-10-12-24-11-6-7-13-27(24)26;/h6-18,23,25,33H,5,19-20H2,1-4H3;1H/t23-,25?;/m1./s1. The van der Waals surface area contributed by atoms with Gasteiger partial charge in [-0.15, -0.1) is 0 Å². The third-order valence-corrected chi connectivity index (χ3v) is 7.19. The van der Waals surface area contributed by atoms with Crippen LogP contribution < -0.4 is 15.0 Å². The Labute approximate surface area is 220 Å². The second-order valence-corrected chi connectivity index (χ2v) is 9.64. The van der Waals surface area contributed by atoms with E-state index in [0.717, 1.165) is 28.3 Å². The van der Waals surface area contributed by atoms with E-state index in [1.54, 1.807) is 0 Å². The van der Waals surface area contributed by atoms with Crippen LogP contribution in [0.4, 0.5) is 11.4 Å². The summed E-state index contributed by atoms with van der Waals surface area (Å²) in [6, 6.07) is 27.3. The summed E-state index contributed by atoms with van der Waals surface area (Å²) >= 11 is 0. The summed E-state index contributed by atoms with van der Waals surface area (Å²) in [6.45, 7) is 9.70. The minimum Gasteiger partial charge on any atom is -0.485 e. The van der Waals surface area contributed by atoms with E-state index in [2.05, 4.69) is 71.7 Å². The van der Waals surface area contributed by atoms with E-state index in [9.17, 15) is 4.79 Å². The van der Waals surface area contributed by atoms with Gasteiger partial charge in [0, 0.05) is 19.7 Å². The zero-order chi connectivity index (χ0) is 25.9. The number of fused-ring (bicyclic) bond motifs is 2. The van der Waals surface area contributed by atoms with Gasteiger partial charge in [0.25, 0.3) is 0 Å². The summed E-state index contributed by atoms with van der Waals surface area (Å²) in [5, 5.41) is 6.22. The predicted molar refractivity (Wildman–Crippen MR) is 152 cm³/mol. The highest BCUT2D eigenvalue weighted by atomic mass is 16.5. The van der Waals surface area contributed by atoms with E-state index >= 15 is 0 Å². The predicted octanol–water partition coefficient (Wildman–Crippen LogP) is 7.13. The Morgan fingerprint density at radius 3 is 2.62 bits per heavy atom. The molecule has 1 aliphatic heterocycles. The molecule has 1 aliphatic rings. The Morgan fingerprint density at radius 2 is 1.78 bits per heavy atom. The molecule has 0 radical (unpaired) electrons. The zero-order valence-corrected chi connectivity index (χ0v) is 22.0. The Morgan fingerprint density at radius 1 is 1.03 bits per heavy atom. The molecule has 5 nitrogen and oxygen atoms in total. The van der Waals surface area contributed by atoms with Crippen LogP contribution in [0.5, 0.6) is 5.75 Å². The molecule has 37 heavy (non-hydrogen) atoms. The molecule has 4 aromatic rings. The molecular formula is C32H36N2O3.